The summed E-state index contributed by atoms with van der Waals surface area (Å²) < 4.78 is 0. The van der Waals surface area contributed by atoms with Crippen LogP contribution in [0.15, 0.2) is 91.0 Å². The Morgan fingerprint density at radius 1 is 0.652 bits per heavy atom. The molecule has 0 aliphatic heterocycles. The molecule has 0 saturated heterocycles. The quantitative estimate of drug-likeness (QED) is 0.577. The van der Waals surface area contributed by atoms with E-state index in [-0.39, 0.29) is 5.91 Å². The summed E-state index contributed by atoms with van der Waals surface area (Å²) in [5, 5.41) is 3.52. The maximum absolute atomic E-state index is 12.1. The molecule has 3 heteroatoms. The lowest BCUT2D eigenvalue weighted by Gasteiger charge is -2.33. The van der Waals surface area contributed by atoms with Crippen molar-refractivity contribution in [1.29, 1.82) is 0 Å². The van der Waals surface area contributed by atoms with Crippen molar-refractivity contribution in [3.8, 4) is 0 Å². The van der Waals surface area contributed by atoms with Gasteiger partial charge in [-0.05, 0) is 15.6 Å². The molecule has 0 aliphatic rings. The smallest absolute Gasteiger partial charge is 0.252 e. The molecule has 3 aromatic rings. The molecule has 0 atom stereocenters. The number of nitrogens with one attached hydrogen (secondary N) is 1. The zero-order valence-corrected chi connectivity index (χ0v) is 14.1. The van der Waals surface area contributed by atoms with Crippen molar-refractivity contribution in [3.05, 3.63) is 91.0 Å². The largest absolute Gasteiger partial charge is 0.371 e. The Morgan fingerprint density at radius 2 is 0.957 bits per heavy atom. The highest BCUT2D eigenvalue weighted by Crippen LogP contribution is 2.05. The molecule has 1 amide bonds. The SMILES string of the molecule is CC(=O)N[Si](c1ccccc1)(c1ccccc1)c1ccccc1. The summed E-state index contributed by atoms with van der Waals surface area (Å²) in [7, 11) is -2.59. The number of amides is 1. The number of hydrogen-bond donors (Lipinski definition) is 1. The lowest BCUT2D eigenvalue weighted by molar-refractivity contribution is -0.117. The predicted octanol–water partition coefficient (Wildman–Crippen LogP) is 1.79. The van der Waals surface area contributed by atoms with Gasteiger partial charge in [0.15, 0.2) is 0 Å². The summed E-state index contributed by atoms with van der Waals surface area (Å²) in [5.74, 6) is -0.00627. The highest BCUT2D eigenvalue weighted by atomic mass is 28.3. The van der Waals surface area contributed by atoms with Gasteiger partial charge in [-0.1, -0.05) is 91.0 Å². The zero-order chi connectivity index (χ0) is 16.1. The summed E-state index contributed by atoms with van der Waals surface area (Å²) in [5.41, 5.74) is 0. The second-order valence-corrected chi connectivity index (χ2v) is 9.01. The molecule has 0 unspecified atom stereocenters. The summed E-state index contributed by atoms with van der Waals surface area (Å²) >= 11 is 0. The van der Waals surface area contributed by atoms with Gasteiger partial charge in [-0.3, -0.25) is 4.79 Å². The van der Waals surface area contributed by atoms with E-state index < -0.39 is 8.24 Å². The standard InChI is InChI=1S/C20H19NOSi/c1-17(22)21-23(18-11-5-2-6-12-18,19-13-7-3-8-14-19)20-15-9-4-10-16-20/h2-16H,1H3,(H,21,22). The van der Waals surface area contributed by atoms with Gasteiger partial charge in [0.25, 0.3) is 8.24 Å². The monoisotopic (exact) mass is 317 g/mol. The topological polar surface area (TPSA) is 29.1 Å². The number of benzene rings is 3. The molecule has 0 heterocycles. The first kappa shape index (κ1) is 15.3. The van der Waals surface area contributed by atoms with Crippen LogP contribution in [0.4, 0.5) is 0 Å². The molecule has 0 aromatic heterocycles. The molecule has 1 N–H and O–H groups in total. The summed E-state index contributed by atoms with van der Waals surface area (Å²) in [6.45, 7) is 1.59. The van der Waals surface area contributed by atoms with E-state index in [2.05, 4.69) is 41.4 Å². The molecular weight excluding hydrogens is 298 g/mol. The number of carbonyl (C=O) groups excluding carboxylic acids is 1. The van der Waals surface area contributed by atoms with Crippen LogP contribution in [-0.2, 0) is 4.79 Å². The highest BCUT2D eigenvalue weighted by molar-refractivity contribution is 7.10. The maximum Gasteiger partial charge on any atom is 0.252 e. The maximum atomic E-state index is 12.1. The van der Waals surface area contributed by atoms with Crippen LogP contribution in [0, 0.1) is 0 Å². The third-order valence-corrected chi connectivity index (χ3v) is 8.31. The van der Waals surface area contributed by atoms with E-state index in [9.17, 15) is 4.79 Å². The average Bonchev–Trinajstić information content (AvgIpc) is 2.62. The second kappa shape index (κ2) is 6.63. The fourth-order valence-corrected chi connectivity index (χ4v) is 7.08. The van der Waals surface area contributed by atoms with Gasteiger partial charge >= 0.3 is 0 Å². The number of carbonyl (C=O) groups is 1. The lowest BCUT2D eigenvalue weighted by Crippen LogP contribution is -2.77. The first-order valence-corrected chi connectivity index (χ1v) is 9.69. The van der Waals surface area contributed by atoms with Gasteiger partial charge in [-0.25, -0.2) is 0 Å². The highest BCUT2D eigenvalue weighted by Gasteiger charge is 2.40. The van der Waals surface area contributed by atoms with Crippen LogP contribution in [0.25, 0.3) is 0 Å². The Labute approximate surface area is 137 Å². The fourth-order valence-electron chi connectivity index (χ4n) is 3.05. The first-order valence-electron chi connectivity index (χ1n) is 7.69. The van der Waals surface area contributed by atoms with Gasteiger partial charge in [0.1, 0.15) is 0 Å². The minimum atomic E-state index is -2.59. The molecule has 114 valence electrons. The van der Waals surface area contributed by atoms with E-state index in [4.69, 9.17) is 0 Å². The normalized spacial score (nSPS) is 11.0. The molecule has 0 saturated carbocycles. The second-order valence-electron chi connectivity index (χ2n) is 5.53. The van der Waals surface area contributed by atoms with Gasteiger partial charge in [-0.15, -0.1) is 0 Å². The zero-order valence-electron chi connectivity index (χ0n) is 13.1. The van der Waals surface area contributed by atoms with Gasteiger partial charge in [0.05, 0.1) is 0 Å². The summed E-state index contributed by atoms with van der Waals surface area (Å²) in [6.07, 6.45) is 0. The molecule has 0 spiro atoms. The summed E-state index contributed by atoms with van der Waals surface area (Å²) in [4.78, 5) is 15.4. The van der Waals surface area contributed by atoms with Gasteiger partial charge in [0.2, 0.25) is 5.91 Å². The van der Waals surface area contributed by atoms with Crippen molar-refractivity contribution < 1.29 is 4.79 Å². The van der Waals surface area contributed by atoms with Gasteiger partial charge in [-0.2, -0.15) is 0 Å². The summed E-state index contributed by atoms with van der Waals surface area (Å²) in [6, 6.07) is 30.9. The van der Waals surface area contributed by atoms with Crippen LogP contribution in [0.1, 0.15) is 6.92 Å². The Morgan fingerprint density at radius 3 is 1.22 bits per heavy atom. The molecule has 0 fully saturated rings. The van der Waals surface area contributed by atoms with Gasteiger partial charge in [0, 0.05) is 6.92 Å². The third kappa shape index (κ3) is 2.96. The number of rotatable bonds is 4. The van der Waals surface area contributed by atoms with E-state index in [1.807, 2.05) is 54.6 Å². The van der Waals surface area contributed by atoms with Crippen molar-refractivity contribution in [2.45, 2.75) is 6.92 Å². The van der Waals surface area contributed by atoms with E-state index in [1.165, 1.54) is 15.6 Å². The molecule has 3 rings (SSSR count). The lowest BCUT2D eigenvalue weighted by atomic mass is 10.3. The van der Waals surface area contributed by atoms with E-state index in [1.54, 1.807) is 6.92 Å². The van der Waals surface area contributed by atoms with Crippen molar-refractivity contribution in [1.82, 2.24) is 4.98 Å². The van der Waals surface area contributed by atoms with Crippen LogP contribution >= 0.6 is 0 Å². The van der Waals surface area contributed by atoms with Crippen molar-refractivity contribution >= 4 is 29.7 Å². The molecular formula is C20H19NOSi. The Hall–Kier alpha value is -2.65. The molecule has 23 heavy (non-hydrogen) atoms. The molecule has 0 radical (unpaired) electrons. The number of hydrogen-bond acceptors (Lipinski definition) is 1. The van der Waals surface area contributed by atoms with Gasteiger partial charge < -0.3 is 4.98 Å². The molecule has 0 bridgehead atoms. The fraction of sp³-hybridized carbons (Fsp3) is 0.0500. The Balaban J connectivity index is 2.32. The van der Waals surface area contributed by atoms with E-state index in [0.29, 0.717) is 0 Å². The van der Waals surface area contributed by atoms with Crippen molar-refractivity contribution in [2.24, 2.45) is 0 Å². The van der Waals surface area contributed by atoms with Crippen LogP contribution in [-0.4, -0.2) is 14.1 Å². The average molecular weight is 317 g/mol. The van der Waals surface area contributed by atoms with Crippen molar-refractivity contribution in [2.75, 3.05) is 0 Å². The van der Waals surface area contributed by atoms with E-state index >= 15 is 0 Å². The molecule has 2 nitrogen and oxygen atoms in total. The van der Waals surface area contributed by atoms with Crippen LogP contribution < -0.4 is 20.5 Å². The van der Waals surface area contributed by atoms with Crippen LogP contribution in [0.3, 0.4) is 0 Å². The minimum Gasteiger partial charge on any atom is -0.371 e. The van der Waals surface area contributed by atoms with Crippen LogP contribution in [0.2, 0.25) is 0 Å². The minimum absolute atomic E-state index is 0.00627. The van der Waals surface area contributed by atoms with Crippen molar-refractivity contribution in [3.63, 3.8) is 0 Å². The molecule has 3 aromatic carbocycles. The predicted molar refractivity (Wildman–Crippen MR) is 97.8 cm³/mol. The first-order chi connectivity index (χ1) is 11.2. The Kier molecular flexibility index (Phi) is 4.39. The third-order valence-electron chi connectivity index (χ3n) is 3.98. The Bertz CT molecular complexity index is 676. The van der Waals surface area contributed by atoms with E-state index in [0.717, 1.165) is 0 Å². The molecule has 0 aliphatic carbocycles. The van der Waals surface area contributed by atoms with Crippen LogP contribution in [0.5, 0.6) is 0 Å².